The van der Waals surface area contributed by atoms with Crippen LogP contribution in [0.15, 0.2) is 59.8 Å². The predicted octanol–water partition coefficient (Wildman–Crippen LogP) is 6.00. The van der Waals surface area contributed by atoms with E-state index < -0.39 is 0 Å². The molecule has 1 unspecified atom stereocenters. The molecule has 0 aromatic rings. The van der Waals surface area contributed by atoms with Gasteiger partial charge in [0.2, 0.25) is 0 Å². The summed E-state index contributed by atoms with van der Waals surface area (Å²) in [5, 5.41) is 0. The summed E-state index contributed by atoms with van der Waals surface area (Å²) in [5.74, 6) is 0. The van der Waals surface area contributed by atoms with Gasteiger partial charge in [0.15, 0.2) is 0 Å². The van der Waals surface area contributed by atoms with E-state index in [9.17, 15) is 0 Å². The van der Waals surface area contributed by atoms with E-state index in [2.05, 4.69) is 78.5 Å². The third kappa shape index (κ3) is 2.68. The lowest BCUT2D eigenvalue weighted by atomic mass is 9.75. The summed E-state index contributed by atoms with van der Waals surface area (Å²) < 4.78 is 0. The molecule has 0 heteroatoms. The van der Waals surface area contributed by atoms with Crippen LogP contribution in [0.2, 0.25) is 0 Å². The molecular weight excluding hydrogens is 228 g/mol. The Morgan fingerprint density at radius 2 is 1.63 bits per heavy atom. The Morgan fingerprint density at radius 3 is 2.05 bits per heavy atom. The number of hydrogen-bond donors (Lipinski definition) is 0. The lowest BCUT2D eigenvalue weighted by Gasteiger charge is -2.29. The van der Waals surface area contributed by atoms with Gasteiger partial charge < -0.3 is 0 Å². The Morgan fingerprint density at radius 1 is 1.05 bits per heavy atom. The molecule has 0 radical (unpaired) electrons. The zero-order valence-electron chi connectivity index (χ0n) is 13.4. The minimum absolute atomic E-state index is 0.0841. The highest BCUT2D eigenvalue weighted by Gasteiger charge is 2.47. The van der Waals surface area contributed by atoms with Gasteiger partial charge >= 0.3 is 0 Å². The smallest absolute Gasteiger partial charge is 0.0182 e. The molecule has 1 rings (SSSR count). The summed E-state index contributed by atoms with van der Waals surface area (Å²) in [4.78, 5) is 0. The first-order chi connectivity index (χ1) is 8.87. The zero-order valence-corrected chi connectivity index (χ0v) is 13.4. The van der Waals surface area contributed by atoms with Gasteiger partial charge in [0.25, 0.3) is 0 Å². The quantitative estimate of drug-likeness (QED) is 0.543. The molecule has 0 heterocycles. The second-order valence-corrected chi connectivity index (χ2v) is 6.16. The summed E-state index contributed by atoms with van der Waals surface area (Å²) in [6.07, 6.45) is 14.1. The highest BCUT2D eigenvalue weighted by atomic mass is 14.5. The second-order valence-electron chi connectivity index (χ2n) is 6.16. The predicted molar refractivity (Wildman–Crippen MR) is 87.1 cm³/mol. The van der Waals surface area contributed by atoms with Gasteiger partial charge in [-0.2, -0.15) is 0 Å². The van der Waals surface area contributed by atoms with E-state index >= 15 is 0 Å². The van der Waals surface area contributed by atoms with Crippen molar-refractivity contribution in [2.45, 2.75) is 48.0 Å². The topological polar surface area (TPSA) is 0 Å². The van der Waals surface area contributed by atoms with Crippen LogP contribution >= 0.6 is 0 Å². The van der Waals surface area contributed by atoms with Gasteiger partial charge in [-0.3, -0.25) is 0 Å². The molecule has 0 nitrogen and oxygen atoms in total. The van der Waals surface area contributed by atoms with E-state index in [1.807, 2.05) is 6.08 Å². The molecule has 0 spiro atoms. The highest BCUT2D eigenvalue weighted by molar-refractivity contribution is 5.53. The van der Waals surface area contributed by atoms with Crippen LogP contribution in [-0.4, -0.2) is 0 Å². The van der Waals surface area contributed by atoms with E-state index in [-0.39, 0.29) is 10.8 Å². The molecule has 1 fully saturated rings. The average Bonchev–Trinajstić information content (AvgIpc) is 2.54. The molecule has 104 valence electrons. The summed E-state index contributed by atoms with van der Waals surface area (Å²) in [5.41, 5.74) is 4.61. The SMILES string of the molecule is C=C/C=C(\C=C/C)C1(C)CC(C)(C)C(=C/C)/C1=C\C. The number of rotatable bonds is 3. The van der Waals surface area contributed by atoms with Crippen LogP contribution in [0.5, 0.6) is 0 Å². The molecule has 1 atom stereocenters. The van der Waals surface area contributed by atoms with Gasteiger partial charge in [-0.15, -0.1) is 0 Å². The van der Waals surface area contributed by atoms with Crippen molar-refractivity contribution in [3.05, 3.63) is 59.8 Å². The third-order valence-electron chi connectivity index (χ3n) is 4.27. The molecule has 0 saturated heterocycles. The van der Waals surface area contributed by atoms with Crippen molar-refractivity contribution < 1.29 is 0 Å². The van der Waals surface area contributed by atoms with Crippen molar-refractivity contribution in [3.63, 3.8) is 0 Å². The Balaban J connectivity index is 3.48. The number of allylic oxidation sites excluding steroid dienone is 9. The van der Waals surface area contributed by atoms with Crippen molar-refractivity contribution in [1.29, 1.82) is 0 Å². The molecule has 1 saturated carbocycles. The molecule has 0 bridgehead atoms. The molecule has 0 N–H and O–H groups in total. The minimum Gasteiger partial charge on any atom is -0.0991 e. The lowest BCUT2D eigenvalue weighted by Crippen LogP contribution is -2.18. The fourth-order valence-corrected chi connectivity index (χ4v) is 3.74. The molecule has 19 heavy (non-hydrogen) atoms. The van der Waals surface area contributed by atoms with Gasteiger partial charge in [0, 0.05) is 5.41 Å². The van der Waals surface area contributed by atoms with E-state index in [0.717, 1.165) is 6.42 Å². The monoisotopic (exact) mass is 256 g/mol. The van der Waals surface area contributed by atoms with Crippen LogP contribution in [0.4, 0.5) is 0 Å². The van der Waals surface area contributed by atoms with Crippen LogP contribution < -0.4 is 0 Å². The summed E-state index contributed by atoms with van der Waals surface area (Å²) >= 11 is 0. The Hall–Kier alpha value is -1.30. The lowest BCUT2D eigenvalue weighted by molar-refractivity contribution is 0.359. The van der Waals surface area contributed by atoms with Crippen LogP contribution in [0, 0.1) is 10.8 Å². The normalized spacial score (nSPS) is 31.6. The van der Waals surface area contributed by atoms with Crippen molar-refractivity contribution in [1.82, 2.24) is 0 Å². The first-order valence-electron chi connectivity index (χ1n) is 7.17. The number of hydrogen-bond acceptors (Lipinski definition) is 0. The molecular formula is C19H28. The van der Waals surface area contributed by atoms with Gasteiger partial charge in [-0.25, -0.2) is 0 Å². The van der Waals surface area contributed by atoms with Crippen molar-refractivity contribution >= 4 is 0 Å². The van der Waals surface area contributed by atoms with E-state index in [1.165, 1.54) is 16.7 Å². The van der Waals surface area contributed by atoms with Crippen LogP contribution in [-0.2, 0) is 0 Å². The van der Waals surface area contributed by atoms with E-state index in [4.69, 9.17) is 0 Å². The fourth-order valence-electron chi connectivity index (χ4n) is 3.74. The van der Waals surface area contributed by atoms with Crippen LogP contribution in [0.25, 0.3) is 0 Å². The Bertz CT molecular complexity index is 466. The summed E-state index contributed by atoms with van der Waals surface area (Å²) in [7, 11) is 0. The van der Waals surface area contributed by atoms with Gasteiger partial charge in [-0.05, 0) is 49.3 Å². The second kappa shape index (κ2) is 5.77. The van der Waals surface area contributed by atoms with Crippen molar-refractivity contribution in [2.24, 2.45) is 10.8 Å². The third-order valence-corrected chi connectivity index (χ3v) is 4.27. The van der Waals surface area contributed by atoms with Gasteiger partial charge in [0.05, 0.1) is 0 Å². The maximum Gasteiger partial charge on any atom is 0.0182 e. The Labute approximate surface area is 119 Å². The molecule has 0 aromatic carbocycles. The molecule has 1 aliphatic rings. The fraction of sp³-hybridized carbons (Fsp3) is 0.474. The standard InChI is InChI=1S/C19H28/c1-8-12-15(13-9-2)19(7)14-18(5,6)16(10-3)17(19)11-4/h8-13H,1,14H2,2-7H3/b13-9-,15-12+,16-10+,17-11+. The molecule has 0 amide bonds. The maximum absolute atomic E-state index is 3.87. The first kappa shape index (κ1) is 15.8. The van der Waals surface area contributed by atoms with Gasteiger partial charge in [0.1, 0.15) is 0 Å². The largest absolute Gasteiger partial charge is 0.0991 e. The molecule has 1 aliphatic carbocycles. The minimum atomic E-state index is 0.0841. The molecule has 0 aromatic heterocycles. The maximum atomic E-state index is 3.87. The highest BCUT2D eigenvalue weighted by Crippen LogP contribution is 2.59. The summed E-state index contributed by atoms with van der Waals surface area (Å²) in [6.45, 7) is 17.3. The van der Waals surface area contributed by atoms with Crippen LogP contribution in [0.3, 0.4) is 0 Å². The van der Waals surface area contributed by atoms with Crippen LogP contribution in [0.1, 0.15) is 48.0 Å². The average molecular weight is 256 g/mol. The summed E-state index contributed by atoms with van der Waals surface area (Å²) in [6, 6.07) is 0. The van der Waals surface area contributed by atoms with Gasteiger partial charge in [-0.1, -0.05) is 63.8 Å². The zero-order chi connectivity index (χ0) is 14.7. The van der Waals surface area contributed by atoms with E-state index in [0.29, 0.717) is 0 Å². The van der Waals surface area contributed by atoms with E-state index in [1.54, 1.807) is 0 Å². The first-order valence-corrected chi connectivity index (χ1v) is 7.17. The van der Waals surface area contributed by atoms with Crippen molar-refractivity contribution in [2.75, 3.05) is 0 Å². The van der Waals surface area contributed by atoms with Crippen molar-refractivity contribution in [3.8, 4) is 0 Å². The molecule has 0 aliphatic heterocycles. The Kier molecular flexibility index (Phi) is 4.79.